The normalized spacial score (nSPS) is 15.2. The van der Waals surface area contributed by atoms with Crippen LogP contribution in [0.25, 0.3) is 0 Å². The number of carbonyl (C=O) groups is 1. The summed E-state index contributed by atoms with van der Waals surface area (Å²) in [6.45, 7) is 4.16. The van der Waals surface area contributed by atoms with Gasteiger partial charge in [-0.15, -0.1) is 0 Å². The van der Waals surface area contributed by atoms with Crippen molar-refractivity contribution in [1.29, 1.82) is 0 Å². The van der Waals surface area contributed by atoms with Crippen LogP contribution >= 0.6 is 0 Å². The van der Waals surface area contributed by atoms with Crippen molar-refractivity contribution in [3.05, 3.63) is 65.0 Å². The molecule has 1 atom stereocenters. The maximum absolute atomic E-state index is 12.4. The van der Waals surface area contributed by atoms with Crippen molar-refractivity contribution in [2.24, 2.45) is 5.92 Å². The number of nitrogens with one attached hydrogen (secondary N) is 1. The molecule has 1 aromatic carbocycles. The molecule has 3 rings (SSSR count). The summed E-state index contributed by atoms with van der Waals surface area (Å²) in [5.41, 5.74) is 4.69. The highest BCUT2D eigenvalue weighted by Crippen LogP contribution is 2.40. The zero-order valence-corrected chi connectivity index (χ0v) is 13.9. The molecule has 23 heavy (non-hydrogen) atoms. The molecular weight excluding hydrogens is 284 g/mol. The van der Waals surface area contributed by atoms with Crippen molar-refractivity contribution in [3.8, 4) is 0 Å². The number of rotatable bonds is 6. The quantitative estimate of drug-likeness (QED) is 0.879. The number of amides is 1. The maximum Gasteiger partial charge on any atom is 0.220 e. The molecule has 0 bridgehead atoms. The molecule has 2 aromatic rings. The van der Waals surface area contributed by atoms with E-state index in [0.29, 0.717) is 12.3 Å². The van der Waals surface area contributed by atoms with Gasteiger partial charge in [-0.1, -0.05) is 24.3 Å². The van der Waals surface area contributed by atoms with Gasteiger partial charge in [0.25, 0.3) is 0 Å². The van der Waals surface area contributed by atoms with E-state index >= 15 is 0 Å². The second-order valence-electron chi connectivity index (χ2n) is 6.57. The Morgan fingerprint density at radius 3 is 2.74 bits per heavy atom. The molecule has 1 saturated carbocycles. The number of aryl methyl sites for hydroxylation is 3. The number of carbonyl (C=O) groups excluding carboxylic acids is 1. The highest BCUT2D eigenvalue weighted by atomic mass is 16.1. The highest BCUT2D eigenvalue weighted by Gasteiger charge is 2.34. The predicted octanol–water partition coefficient (Wildman–Crippen LogP) is 3.90. The molecule has 3 heteroatoms. The first-order valence-corrected chi connectivity index (χ1v) is 8.40. The summed E-state index contributed by atoms with van der Waals surface area (Å²) in [6, 6.07) is 12.4. The van der Waals surface area contributed by atoms with Gasteiger partial charge in [-0.05, 0) is 67.9 Å². The summed E-state index contributed by atoms with van der Waals surface area (Å²) in [4.78, 5) is 16.9. The van der Waals surface area contributed by atoms with E-state index in [2.05, 4.69) is 42.3 Å². The Morgan fingerprint density at radius 1 is 1.26 bits per heavy atom. The van der Waals surface area contributed by atoms with Crippen molar-refractivity contribution in [3.63, 3.8) is 0 Å². The molecule has 120 valence electrons. The Labute approximate surface area is 138 Å². The average Bonchev–Trinajstić information content (AvgIpc) is 3.36. The molecule has 1 aliphatic carbocycles. The average molecular weight is 308 g/mol. The number of hydrogen-bond acceptors (Lipinski definition) is 2. The monoisotopic (exact) mass is 308 g/mol. The highest BCUT2D eigenvalue weighted by molar-refractivity contribution is 5.76. The number of nitrogens with zero attached hydrogens (tertiary/aromatic N) is 1. The standard InChI is InChI=1S/C20H24N2O/c1-14-11-12-21-18(13-14)20(17-7-8-17)22-19(23)10-9-16-6-4-3-5-15(16)2/h3-6,11-13,17,20H,7-10H2,1-2H3,(H,22,23). The summed E-state index contributed by atoms with van der Waals surface area (Å²) in [5.74, 6) is 0.667. The van der Waals surface area contributed by atoms with Gasteiger partial charge in [0.2, 0.25) is 5.91 Å². The molecule has 1 aromatic heterocycles. The number of hydrogen-bond donors (Lipinski definition) is 1. The molecule has 0 spiro atoms. The van der Waals surface area contributed by atoms with Crippen LogP contribution in [0.3, 0.4) is 0 Å². The summed E-state index contributed by atoms with van der Waals surface area (Å²) < 4.78 is 0. The predicted molar refractivity (Wildman–Crippen MR) is 92.1 cm³/mol. The topological polar surface area (TPSA) is 42.0 Å². The van der Waals surface area contributed by atoms with E-state index < -0.39 is 0 Å². The first kappa shape index (κ1) is 15.7. The third-order valence-electron chi connectivity index (χ3n) is 4.55. The fraction of sp³-hybridized carbons (Fsp3) is 0.400. The lowest BCUT2D eigenvalue weighted by Crippen LogP contribution is -2.30. The molecule has 1 fully saturated rings. The molecule has 0 aliphatic heterocycles. The minimum absolute atomic E-state index is 0.0688. The van der Waals surface area contributed by atoms with Crippen molar-refractivity contribution in [1.82, 2.24) is 10.3 Å². The third-order valence-corrected chi connectivity index (χ3v) is 4.55. The molecule has 1 amide bonds. The van der Waals surface area contributed by atoms with E-state index in [0.717, 1.165) is 12.1 Å². The molecule has 0 saturated heterocycles. The third kappa shape index (κ3) is 4.19. The molecule has 3 nitrogen and oxygen atoms in total. The van der Waals surface area contributed by atoms with Crippen LogP contribution in [0.4, 0.5) is 0 Å². The van der Waals surface area contributed by atoms with E-state index in [9.17, 15) is 4.79 Å². The van der Waals surface area contributed by atoms with E-state index in [-0.39, 0.29) is 11.9 Å². The molecule has 1 heterocycles. The van der Waals surface area contributed by atoms with Gasteiger partial charge < -0.3 is 5.32 Å². The van der Waals surface area contributed by atoms with Gasteiger partial charge in [0.05, 0.1) is 11.7 Å². The lowest BCUT2D eigenvalue weighted by molar-refractivity contribution is -0.122. The summed E-state index contributed by atoms with van der Waals surface area (Å²) >= 11 is 0. The Balaban J connectivity index is 1.62. The van der Waals surface area contributed by atoms with Crippen molar-refractivity contribution < 1.29 is 4.79 Å². The molecule has 1 N–H and O–H groups in total. The molecule has 1 unspecified atom stereocenters. The van der Waals surface area contributed by atoms with Crippen LogP contribution in [0.2, 0.25) is 0 Å². The summed E-state index contributed by atoms with van der Waals surface area (Å²) in [7, 11) is 0. The zero-order chi connectivity index (χ0) is 16.2. The Bertz CT molecular complexity index is 692. The summed E-state index contributed by atoms with van der Waals surface area (Å²) in [5, 5.41) is 3.21. The van der Waals surface area contributed by atoms with E-state index in [1.54, 1.807) is 0 Å². The molecule has 0 radical (unpaired) electrons. The van der Waals surface area contributed by atoms with E-state index in [1.165, 1.54) is 29.5 Å². The smallest absolute Gasteiger partial charge is 0.220 e. The van der Waals surface area contributed by atoms with Crippen LogP contribution in [0.15, 0.2) is 42.6 Å². The largest absolute Gasteiger partial charge is 0.347 e. The van der Waals surface area contributed by atoms with Crippen LogP contribution in [0.1, 0.15) is 47.7 Å². The molecule has 1 aliphatic rings. The summed E-state index contributed by atoms with van der Waals surface area (Å²) in [6.07, 6.45) is 5.51. The van der Waals surface area contributed by atoms with Gasteiger partial charge in [0.1, 0.15) is 0 Å². The van der Waals surface area contributed by atoms with Crippen LogP contribution in [0.5, 0.6) is 0 Å². The van der Waals surface area contributed by atoms with Gasteiger partial charge in [-0.25, -0.2) is 0 Å². The SMILES string of the molecule is Cc1ccnc(C(NC(=O)CCc2ccccc2C)C2CC2)c1. The van der Waals surface area contributed by atoms with E-state index in [1.807, 2.05) is 24.4 Å². The molecular formula is C20H24N2O. The Morgan fingerprint density at radius 2 is 2.04 bits per heavy atom. The van der Waals surface area contributed by atoms with Crippen molar-refractivity contribution in [2.45, 2.75) is 45.6 Å². The zero-order valence-electron chi connectivity index (χ0n) is 13.9. The minimum atomic E-state index is 0.0688. The minimum Gasteiger partial charge on any atom is -0.347 e. The number of aromatic nitrogens is 1. The van der Waals surface area contributed by atoms with Gasteiger partial charge in [0.15, 0.2) is 0 Å². The van der Waals surface area contributed by atoms with E-state index in [4.69, 9.17) is 0 Å². The fourth-order valence-electron chi connectivity index (χ4n) is 2.98. The van der Waals surface area contributed by atoms with Crippen LogP contribution in [-0.4, -0.2) is 10.9 Å². The first-order chi connectivity index (χ1) is 11.1. The number of pyridine rings is 1. The van der Waals surface area contributed by atoms with Crippen molar-refractivity contribution in [2.75, 3.05) is 0 Å². The van der Waals surface area contributed by atoms with Gasteiger partial charge >= 0.3 is 0 Å². The maximum atomic E-state index is 12.4. The van der Waals surface area contributed by atoms with Crippen LogP contribution in [-0.2, 0) is 11.2 Å². The van der Waals surface area contributed by atoms with Gasteiger partial charge in [0, 0.05) is 12.6 Å². The first-order valence-electron chi connectivity index (χ1n) is 8.40. The fourth-order valence-corrected chi connectivity index (χ4v) is 2.98. The van der Waals surface area contributed by atoms with Gasteiger partial charge in [-0.3, -0.25) is 9.78 Å². The Hall–Kier alpha value is -2.16. The van der Waals surface area contributed by atoms with Crippen LogP contribution in [0, 0.1) is 19.8 Å². The Kier molecular flexibility index (Phi) is 4.75. The van der Waals surface area contributed by atoms with Crippen LogP contribution < -0.4 is 5.32 Å². The lowest BCUT2D eigenvalue weighted by Gasteiger charge is -2.18. The van der Waals surface area contributed by atoms with Gasteiger partial charge in [-0.2, -0.15) is 0 Å². The van der Waals surface area contributed by atoms with Crippen molar-refractivity contribution >= 4 is 5.91 Å². The second-order valence-corrected chi connectivity index (χ2v) is 6.57. The second kappa shape index (κ2) is 6.95. The number of benzene rings is 1. The lowest BCUT2D eigenvalue weighted by atomic mass is 10.0.